The third-order valence-corrected chi connectivity index (χ3v) is 5.31. The number of primary sulfonamides is 2. The molecule has 0 bridgehead atoms. The molecule has 0 atom stereocenters. The summed E-state index contributed by atoms with van der Waals surface area (Å²) in [6, 6.07) is 11.8. The van der Waals surface area contributed by atoms with Gasteiger partial charge in [-0.3, -0.25) is 10.9 Å². The van der Waals surface area contributed by atoms with E-state index in [-0.39, 0.29) is 14.9 Å². The van der Waals surface area contributed by atoms with Gasteiger partial charge in [0.05, 0.1) is 15.5 Å². The lowest BCUT2D eigenvalue weighted by Gasteiger charge is -2.13. The number of benzene rings is 2. The van der Waals surface area contributed by atoms with Crippen LogP contribution in [0, 0.1) is 0 Å². The zero-order chi connectivity index (χ0) is 19.4. The summed E-state index contributed by atoms with van der Waals surface area (Å²) in [5.74, 6) is 0. The van der Waals surface area contributed by atoms with E-state index in [1.165, 1.54) is 36.4 Å². The molecule has 12 heteroatoms. The minimum atomic E-state index is -3.73. The average Bonchev–Trinajstić information content (AvgIpc) is 2.57. The molecule has 0 saturated heterocycles. The van der Waals surface area contributed by atoms with Crippen molar-refractivity contribution in [2.24, 2.45) is 10.3 Å². The Morgan fingerprint density at radius 1 is 0.846 bits per heavy atom. The predicted molar refractivity (Wildman–Crippen MR) is 102 cm³/mol. The molecule has 7 N–H and O–H groups in total. The zero-order valence-corrected chi connectivity index (χ0v) is 15.8. The number of nitrogens with one attached hydrogen (secondary N) is 3. The van der Waals surface area contributed by atoms with Gasteiger partial charge in [-0.1, -0.05) is 12.1 Å². The molecule has 9 nitrogen and oxygen atoms in total. The minimum Gasteiger partial charge on any atom is -0.357 e. The number of hydrogen-bond donors (Lipinski definition) is 5. The Morgan fingerprint density at radius 3 is 1.77 bits per heavy atom. The van der Waals surface area contributed by atoms with Crippen molar-refractivity contribution in [2.75, 3.05) is 5.43 Å². The number of anilines is 1. The summed E-state index contributed by atoms with van der Waals surface area (Å²) in [4.78, 5) is 0.0400. The van der Waals surface area contributed by atoms with Crippen LogP contribution in [0.5, 0.6) is 0 Å². The fourth-order valence-electron chi connectivity index (χ4n) is 1.88. The van der Waals surface area contributed by atoms with Crippen LogP contribution in [0.4, 0.5) is 5.69 Å². The van der Waals surface area contributed by atoms with Crippen LogP contribution in [0.15, 0.2) is 58.3 Å². The van der Waals surface area contributed by atoms with Gasteiger partial charge in [-0.2, -0.15) is 0 Å². The normalized spacial score (nSPS) is 11.6. The van der Waals surface area contributed by atoms with E-state index in [0.717, 1.165) is 5.56 Å². The van der Waals surface area contributed by atoms with Crippen LogP contribution in [-0.2, 0) is 26.6 Å². The summed E-state index contributed by atoms with van der Waals surface area (Å²) in [6.07, 6.45) is 0. The largest absolute Gasteiger partial charge is 0.357 e. The second kappa shape index (κ2) is 7.97. The number of hydrogen-bond acceptors (Lipinski definition) is 6. The molecule has 0 amide bonds. The molecule has 2 aromatic rings. The predicted octanol–water partition coefficient (Wildman–Crippen LogP) is -0.0274. The molecule has 2 rings (SSSR count). The summed E-state index contributed by atoms with van der Waals surface area (Å²) in [6.45, 7) is 0.364. The molecule has 2 aromatic carbocycles. The van der Waals surface area contributed by atoms with Crippen molar-refractivity contribution in [1.29, 1.82) is 0 Å². The van der Waals surface area contributed by atoms with E-state index < -0.39 is 20.0 Å². The first kappa shape index (κ1) is 20.1. The van der Waals surface area contributed by atoms with Crippen molar-refractivity contribution in [3.05, 3.63) is 54.1 Å². The number of sulfonamides is 2. The smallest absolute Gasteiger partial charge is 0.238 e. The maximum Gasteiger partial charge on any atom is 0.238 e. The van der Waals surface area contributed by atoms with Crippen LogP contribution in [0.25, 0.3) is 0 Å². The standard InChI is InChI=1S/C14H17N5O4S3/c15-25(20,21)12-5-1-10(2-6-12)9-17-14(24)19-18-11-3-7-13(8-4-11)26(16,22)23/h1-8,18H,9H2,(H2,15,20,21)(H2,16,22,23)(H2,17,19,24). The lowest BCUT2D eigenvalue weighted by atomic mass is 10.2. The van der Waals surface area contributed by atoms with Gasteiger partial charge in [-0.05, 0) is 54.2 Å². The molecule has 0 aliphatic carbocycles. The molecule has 0 aliphatic rings. The van der Waals surface area contributed by atoms with E-state index in [4.69, 9.17) is 22.5 Å². The Hall–Kier alpha value is -2.25. The summed E-state index contributed by atoms with van der Waals surface area (Å²) >= 11 is 5.11. The molecule has 0 aromatic heterocycles. The van der Waals surface area contributed by atoms with Crippen molar-refractivity contribution in [3.8, 4) is 0 Å². The molecule has 0 fully saturated rings. The summed E-state index contributed by atoms with van der Waals surface area (Å²) in [5, 5.41) is 13.3. The van der Waals surface area contributed by atoms with E-state index >= 15 is 0 Å². The maximum absolute atomic E-state index is 11.2. The van der Waals surface area contributed by atoms with Crippen molar-refractivity contribution in [3.63, 3.8) is 0 Å². The molecular formula is C14H17N5O4S3. The maximum atomic E-state index is 11.2. The summed E-state index contributed by atoms with van der Waals surface area (Å²) < 4.78 is 44.7. The second-order valence-corrected chi connectivity index (χ2v) is 8.72. The minimum absolute atomic E-state index is 0.00620. The Morgan fingerprint density at radius 2 is 1.31 bits per heavy atom. The van der Waals surface area contributed by atoms with Gasteiger partial charge >= 0.3 is 0 Å². The second-order valence-electron chi connectivity index (χ2n) is 5.19. The van der Waals surface area contributed by atoms with E-state index in [1.807, 2.05) is 0 Å². The Kier molecular flexibility index (Phi) is 6.15. The highest BCUT2D eigenvalue weighted by Gasteiger charge is 2.08. The Bertz CT molecular complexity index is 906. The highest BCUT2D eigenvalue weighted by atomic mass is 32.2. The van der Waals surface area contributed by atoms with Gasteiger partial charge in [0.1, 0.15) is 0 Å². The highest BCUT2D eigenvalue weighted by molar-refractivity contribution is 7.89. The van der Waals surface area contributed by atoms with Crippen LogP contribution in [0.1, 0.15) is 5.56 Å². The molecule has 0 aliphatic heterocycles. The first-order valence-corrected chi connectivity index (χ1v) is 10.6. The quantitative estimate of drug-likeness (QED) is 0.325. The molecule has 140 valence electrons. The van der Waals surface area contributed by atoms with Gasteiger partial charge in [-0.25, -0.2) is 27.1 Å². The number of thiocarbonyl (C=S) groups is 1. The van der Waals surface area contributed by atoms with Crippen molar-refractivity contribution in [1.82, 2.24) is 10.7 Å². The molecule has 0 heterocycles. The topological polar surface area (TPSA) is 156 Å². The van der Waals surface area contributed by atoms with E-state index in [2.05, 4.69) is 16.2 Å². The fraction of sp³-hybridized carbons (Fsp3) is 0.0714. The Balaban J connectivity index is 1.84. The van der Waals surface area contributed by atoms with Gasteiger partial charge in [0.25, 0.3) is 0 Å². The molecular weight excluding hydrogens is 398 g/mol. The first-order valence-electron chi connectivity index (χ1n) is 7.10. The monoisotopic (exact) mass is 415 g/mol. The van der Waals surface area contributed by atoms with Gasteiger partial charge in [0.2, 0.25) is 20.0 Å². The Labute approximate surface area is 156 Å². The van der Waals surface area contributed by atoms with Crippen molar-refractivity contribution in [2.45, 2.75) is 16.3 Å². The third-order valence-electron chi connectivity index (χ3n) is 3.21. The SMILES string of the molecule is NS(=O)(=O)c1ccc(CNC(=S)NNc2ccc(S(N)(=O)=O)cc2)cc1. The van der Waals surface area contributed by atoms with Crippen LogP contribution >= 0.6 is 12.2 Å². The van der Waals surface area contributed by atoms with Crippen LogP contribution in [0.2, 0.25) is 0 Å². The fourth-order valence-corrected chi connectivity index (χ4v) is 3.03. The highest BCUT2D eigenvalue weighted by Crippen LogP contribution is 2.12. The van der Waals surface area contributed by atoms with Gasteiger partial charge < -0.3 is 5.32 Å². The molecule has 0 unspecified atom stereocenters. The van der Waals surface area contributed by atoms with Crippen LogP contribution in [-0.4, -0.2) is 21.9 Å². The van der Waals surface area contributed by atoms with Crippen molar-refractivity contribution >= 4 is 43.1 Å². The summed E-state index contributed by atoms with van der Waals surface area (Å²) in [7, 11) is -7.45. The number of nitrogens with two attached hydrogens (primary N) is 2. The molecule has 26 heavy (non-hydrogen) atoms. The van der Waals surface area contributed by atoms with Gasteiger partial charge in [0, 0.05) is 6.54 Å². The lowest BCUT2D eigenvalue weighted by molar-refractivity contribution is 0.596. The lowest BCUT2D eigenvalue weighted by Crippen LogP contribution is -2.38. The van der Waals surface area contributed by atoms with E-state index in [0.29, 0.717) is 12.2 Å². The van der Waals surface area contributed by atoms with E-state index in [1.54, 1.807) is 12.1 Å². The van der Waals surface area contributed by atoms with E-state index in [9.17, 15) is 16.8 Å². The molecule has 0 saturated carbocycles. The average molecular weight is 416 g/mol. The van der Waals surface area contributed by atoms with Crippen molar-refractivity contribution < 1.29 is 16.8 Å². The molecule has 0 spiro atoms. The number of rotatable bonds is 6. The molecule has 0 radical (unpaired) electrons. The third kappa shape index (κ3) is 5.93. The first-order chi connectivity index (χ1) is 12.1. The van der Waals surface area contributed by atoms with Crippen LogP contribution < -0.4 is 26.4 Å². The zero-order valence-electron chi connectivity index (χ0n) is 13.3. The summed E-state index contributed by atoms with van der Waals surface area (Å²) in [5.41, 5.74) is 6.93. The van der Waals surface area contributed by atoms with Crippen LogP contribution in [0.3, 0.4) is 0 Å². The number of hydrazine groups is 1. The van der Waals surface area contributed by atoms with Gasteiger partial charge in [0.15, 0.2) is 5.11 Å². The van der Waals surface area contributed by atoms with Gasteiger partial charge in [-0.15, -0.1) is 0 Å².